The van der Waals surface area contributed by atoms with Crippen LogP contribution < -0.4 is 0 Å². The lowest BCUT2D eigenvalue weighted by atomic mass is 10.1. The van der Waals surface area contributed by atoms with E-state index in [0.29, 0.717) is 13.1 Å². The van der Waals surface area contributed by atoms with Crippen LogP contribution in [0.1, 0.15) is 18.1 Å². The summed E-state index contributed by atoms with van der Waals surface area (Å²) < 4.78 is 25.1. The molecule has 1 aromatic carbocycles. The second kappa shape index (κ2) is 4.76. The van der Waals surface area contributed by atoms with Crippen molar-refractivity contribution in [1.82, 2.24) is 4.31 Å². The molecule has 1 atom stereocenters. The van der Waals surface area contributed by atoms with Gasteiger partial charge in [-0.2, -0.15) is 4.31 Å². The topological polar surface area (TPSA) is 57.6 Å². The highest BCUT2D eigenvalue weighted by Crippen LogP contribution is 2.21. The predicted octanol–water partition coefficient (Wildman–Crippen LogP) is 0.960. The maximum atomic E-state index is 11.8. The Morgan fingerprint density at radius 2 is 1.88 bits per heavy atom. The van der Waals surface area contributed by atoms with Crippen molar-refractivity contribution >= 4 is 10.0 Å². The third-order valence-electron chi connectivity index (χ3n) is 2.97. The number of benzene rings is 1. The number of nitrogens with zero attached hydrogens (tertiary/aromatic N) is 1. The van der Waals surface area contributed by atoms with E-state index < -0.39 is 10.0 Å². The van der Waals surface area contributed by atoms with E-state index in [4.69, 9.17) is 5.11 Å². The molecule has 0 saturated carbocycles. The van der Waals surface area contributed by atoms with Crippen LogP contribution >= 0.6 is 0 Å². The summed E-state index contributed by atoms with van der Waals surface area (Å²) in [6.45, 7) is 2.99. The van der Waals surface area contributed by atoms with E-state index in [-0.39, 0.29) is 18.3 Å². The van der Waals surface area contributed by atoms with E-state index in [9.17, 15) is 8.42 Å². The average molecular weight is 255 g/mol. The molecule has 94 valence electrons. The summed E-state index contributed by atoms with van der Waals surface area (Å²) in [7, 11) is -3.07. The molecule has 1 N–H and O–H groups in total. The molecular formula is C12H17NO3S. The molecule has 0 amide bonds. The van der Waals surface area contributed by atoms with E-state index in [1.165, 1.54) is 4.31 Å². The largest absolute Gasteiger partial charge is 0.392 e. The standard InChI is InChI=1S/C12H17NO3S/c1-10-6-13(17(15,16)9-10)7-11-2-4-12(8-14)5-3-11/h2-5,10,14H,6-9H2,1H3. The van der Waals surface area contributed by atoms with Crippen LogP contribution in [-0.2, 0) is 23.2 Å². The number of sulfonamides is 1. The van der Waals surface area contributed by atoms with Crippen LogP contribution in [0.4, 0.5) is 0 Å². The van der Waals surface area contributed by atoms with Crippen molar-refractivity contribution in [2.24, 2.45) is 5.92 Å². The molecule has 4 nitrogen and oxygen atoms in total. The summed E-state index contributed by atoms with van der Waals surface area (Å²) >= 11 is 0. The fourth-order valence-corrected chi connectivity index (χ4v) is 3.96. The number of aliphatic hydroxyl groups excluding tert-OH is 1. The third-order valence-corrected chi connectivity index (χ3v) is 5.02. The molecule has 1 aliphatic heterocycles. The lowest BCUT2D eigenvalue weighted by Crippen LogP contribution is -2.25. The van der Waals surface area contributed by atoms with Gasteiger partial charge in [-0.25, -0.2) is 8.42 Å². The van der Waals surface area contributed by atoms with E-state index in [0.717, 1.165) is 11.1 Å². The average Bonchev–Trinajstić information content (AvgIpc) is 2.53. The molecule has 0 radical (unpaired) electrons. The fraction of sp³-hybridized carbons (Fsp3) is 0.500. The Morgan fingerprint density at radius 1 is 1.29 bits per heavy atom. The minimum Gasteiger partial charge on any atom is -0.392 e. The number of aliphatic hydroxyl groups is 1. The first-order chi connectivity index (χ1) is 8.01. The predicted molar refractivity (Wildman–Crippen MR) is 65.7 cm³/mol. The summed E-state index contributed by atoms with van der Waals surface area (Å²) in [5.41, 5.74) is 1.80. The molecule has 1 saturated heterocycles. The first kappa shape index (κ1) is 12.5. The molecule has 1 aromatic rings. The van der Waals surface area contributed by atoms with Gasteiger partial charge in [0, 0.05) is 13.1 Å². The Kier molecular flexibility index (Phi) is 3.51. The smallest absolute Gasteiger partial charge is 0.214 e. The summed E-state index contributed by atoms with van der Waals surface area (Å²) in [4.78, 5) is 0. The fourth-order valence-electron chi connectivity index (χ4n) is 2.10. The van der Waals surface area contributed by atoms with Crippen LogP contribution in [0.15, 0.2) is 24.3 Å². The summed E-state index contributed by atoms with van der Waals surface area (Å²) in [6, 6.07) is 7.37. The summed E-state index contributed by atoms with van der Waals surface area (Å²) in [5.74, 6) is 0.457. The Hall–Kier alpha value is -0.910. The minimum absolute atomic E-state index is 0.0132. The lowest BCUT2D eigenvalue weighted by Gasteiger charge is -2.14. The Morgan fingerprint density at radius 3 is 2.35 bits per heavy atom. The van der Waals surface area contributed by atoms with Gasteiger partial charge in [0.05, 0.1) is 12.4 Å². The van der Waals surface area contributed by atoms with E-state index in [2.05, 4.69) is 0 Å². The SMILES string of the molecule is CC1CN(Cc2ccc(CO)cc2)S(=O)(=O)C1. The van der Waals surface area contributed by atoms with Gasteiger partial charge < -0.3 is 5.11 Å². The van der Waals surface area contributed by atoms with Crippen LogP contribution in [-0.4, -0.2) is 30.1 Å². The number of hydrogen-bond donors (Lipinski definition) is 1. The lowest BCUT2D eigenvalue weighted by molar-refractivity contribution is 0.282. The third kappa shape index (κ3) is 2.86. The second-order valence-electron chi connectivity index (χ2n) is 4.65. The highest BCUT2D eigenvalue weighted by molar-refractivity contribution is 7.89. The second-order valence-corrected chi connectivity index (χ2v) is 6.66. The van der Waals surface area contributed by atoms with Gasteiger partial charge in [0.1, 0.15) is 0 Å². The van der Waals surface area contributed by atoms with Crippen molar-refractivity contribution in [3.63, 3.8) is 0 Å². The van der Waals surface area contributed by atoms with Crippen molar-refractivity contribution in [3.05, 3.63) is 35.4 Å². The highest BCUT2D eigenvalue weighted by Gasteiger charge is 2.33. The number of rotatable bonds is 3. The van der Waals surface area contributed by atoms with Crippen molar-refractivity contribution in [1.29, 1.82) is 0 Å². The van der Waals surface area contributed by atoms with Gasteiger partial charge in [-0.1, -0.05) is 31.2 Å². The van der Waals surface area contributed by atoms with Crippen molar-refractivity contribution < 1.29 is 13.5 Å². The highest BCUT2D eigenvalue weighted by atomic mass is 32.2. The number of hydrogen-bond acceptors (Lipinski definition) is 3. The molecule has 0 bridgehead atoms. The Labute approximate surface area is 102 Å². The molecule has 1 aliphatic rings. The van der Waals surface area contributed by atoms with E-state index >= 15 is 0 Å². The van der Waals surface area contributed by atoms with Crippen LogP contribution in [0.25, 0.3) is 0 Å². The van der Waals surface area contributed by atoms with E-state index in [1.54, 1.807) is 0 Å². The minimum atomic E-state index is -3.07. The Balaban J connectivity index is 2.10. The molecule has 5 heteroatoms. The van der Waals surface area contributed by atoms with Gasteiger partial charge in [-0.3, -0.25) is 0 Å². The van der Waals surface area contributed by atoms with Gasteiger partial charge >= 0.3 is 0 Å². The summed E-state index contributed by atoms with van der Waals surface area (Å²) in [5, 5.41) is 8.92. The molecule has 17 heavy (non-hydrogen) atoms. The van der Waals surface area contributed by atoms with Crippen LogP contribution in [0.3, 0.4) is 0 Å². The van der Waals surface area contributed by atoms with Crippen LogP contribution in [0.5, 0.6) is 0 Å². The summed E-state index contributed by atoms with van der Waals surface area (Å²) in [6.07, 6.45) is 0. The van der Waals surface area contributed by atoms with Gasteiger partial charge in [0.15, 0.2) is 0 Å². The van der Waals surface area contributed by atoms with Gasteiger partial charge in [-0.15, -0.1) is 0 Å². The van der Waals surface area contributed by atoms with Gasteiger partial charge in [0.2, 0.25) is 10.0 Å². The molecule has 1 heterocycles. The maximum absolute atomic E-state index is 11.8. The zero-order valence-electron chi connectivity index (χ0n) is 9.83. The zero-order valence-corrected chi connectivity index (χ0v) is 10.7. The quantitative estimate of drug-likeness (QED) is 0.875. The van der Waals surface area contributed by atoms with Crippen molar-refractivity contribution in [3.8, 4) is 0 Å². The van der Waals surface area contributed by atoms with Gasteiger partial charge in [0.25, 0.3) is 0 Å². The Bertz CT molecular complexity index is 481. The van der Waals surface area contributed by atoms with E-state index in [1.807, 2.05) is 31.2 Å². The normalized spacial score (nSPS) is 24.0. The first-order valence-corrected chi connectivity index (χ1v) is 7.28. The molecular weight excluding hydrogens is 238 g/mol. The molecule has 1 unspecified atom stereocenters. The van der Waals surface area contributed by atoms with Gasteiger partial charge in [-0.05, 0) is 17.0 Å². The maximum Gasteiger partial charge on any atom is 0.214 e. The first-order valence-electron chi connectivity index (χ1n) is 5.68. The van der Waals surface area contributed by atoms with Crippen molar-refractivity contribution in [2.45, 2.75) is 20.1 Å². The monoisotopic (exact) mass is 255 g/mol. The molecule has 0 aliphatic carbocycles. The van der Waals surface area contributed by atoms with Crippen LogP contribution in [0.2, 0.25) is 0 Å². The van der Waals surface area contributed by atoms with Crippen LogP contribution in [0, 0.1) is 5.92 Å². The zero-order chi connectivity index (χ0) is 12.5. The molecule has 1 fully saturated rings. The molecule has 0 spiro atoms. The van der Waals surface area contributed by atoms with Crippen molar-refractivity contribution in [2.75, 3.05) is 12.3 Å². The molecule has 2 rings (SSSR count). The molecule has 0 aromatic heterocycles.